The normalized spacial score (nSPS) is 10.9. The first-order valence-corrected chi connectivity index (χ1v) is 5.41. The molecule has 0 atom stereocenters. The number of hydrogen-bond donors (Lipinski definition) is 2. The number of nitrogens with one attached hydrogen (secondary N) is 2. The van der Waals surface area contributed by atoms with Crippen molar-refractivity contribution in [1.29, 1.82) is 0 Å². The van der Waals surface area contributed by atoms with Crippen LogP contribution in [0.3, 0.4) is 0 Å². The zero-order valence-electron chi connectivity index (χ0n) is 9.45. The molecular formula is C10H15N5O. The van der Waals surface area contributed by atoms with Crippen LogP contribution in [-0.4, -0.2) is 26.1 Å². The number of fused-ring (bicyclic) bond motifs is 1. The average molecular weight is 221 g/mol. The Morgan fingerprint density at radius 1 is 1.56 bits per heavy atom. The molecule has 0 bridgehead atoms. The van der Waals surface area contributed by atoms with Gasteiger partial charge >= 0.3 is 5.69 Å². The Labute approximate surface area is 92.7 Å². The fourth-order valence-corrected chi connectivity index (χ4v) is 1.58. The smallest absolute Gasteiger partial charge is 0.349 e. The first kappa shape index (κ1) is 10.7. The van der Waals surface area contributed by atoms with Crippen molar-refractivity contribution in [3.8, 4) is 0 Å². The van der Waals surface area contributed by atoms with Crippen LogP contribution in [0.1, 0.15) is 25.6 Å². The summed E-state index contributed by atoms with van der Waals surface area (Å²) < 4.78 is 1.45. The van der Waals surface area contributed by atoms with E-state index in [9.17, 15) is 4.79 Å². The molecule has 6 nitrogen and oxygen atoms in total. The SMILES string of the molecule is CCCCNc1cc2n[nH]c(=O)n2c(C)n1. The Kier molecular flexibility index (Phi) is 2.89. The van der Waals surface area contributed by atoms with Crippen LogP contribution in [0, 0.1) is 6.92 Å². The van der Waals surface area contributed by atoms with Gasteiger partial charge < -0.3 is 5.32 Å². The molecule has 2 aromatic rings. The lowest BCUT2D eigenvalue weighted by molar-refractivity contribution is 0.827. The van der Waals surface area contributed by atoms with E-state index in [4.69, 9.17) is 0 Å². The van der Waals surface area contributed by atoms with E-state index < -0.39 is 0 Å². The van der Waals surface area contributed by atoms with Crippen LogP contribution in [0.15, 0.2) is 10.9 Å². The topological polar surface area (TPSA) is 75.1 Å². The summed E-state index contributed by atoms with van der Waals surface area (Å²) in [6.45, 7) is 4.81. The van der Waals surface area contributed by atoms with Crippen LogP contribution in [0.5, 0.6) is 0 Å². The van der Waals surface area contributed by atoms with Crippen molar-refractivity contribution in [3.63, 3.8) is 0 Å². The molecule has 0 aliphatic carbocycles. The first-order valence-electron chi connectivity index (χ1n) is 5.41. The molecular weight excluding hydrogens is 206 g/mol. The maximum absolute atomic E-state index is 11.4. The highest BCUT2D eigenvalue weighted by molar-refractivity contribution is 5.49. The Balaban J connectivity index is 2.32. The Morgan fingerprint density at radius 3 is 3.12 bits per heavy atom. The molecule has 0 aliphatic heterocycles. The molecule has 6 heteroatoms. The average Bonchev–Trinajstić information content (AvgIpc) is 2.61. The summed E-state index contributed by atoms with van der Waals surface area (Å²) in [6, 6.07) is 1.76. The molecule has 0 saturated heterocycles. The van der Waals surface area contributed by atoms with Gasteiger partial charge in [0, 0.05) is 12.6 Å². The standard InChI is InChI=1S/C10H15N5O/c1-3-4-5-11-8-6-9-13-14-10(16)15(9)7(2)12-8/h6,11H,3-5H2,1-2H3,(H,14,16). The molecule has 0 aliphatic rings. The minimum absolute atomic E-state index is 0.250. The van der Waals surface area contributed by atoms with E-state index in [1.54, 1.807) is 13.0 Å². The number of nitrogens with zero attached hydrogens (tertiary/aromatic N) is 3. The minimum Gasteiger partial charge on any atom is -0.370 e. The summed E-state index contributed by atoms with van der Waals surface area (Å²) in [5.41, 5.74) is 0.344. The predicted molar refractivity (Wildman–Crippen MR) is 61.7 cm³/mol. The van der Waals surface area contributed by atoms with Gasteiger partial charge in [0.25, 0.3) is 0 Å². The number of H-pyrrole nitrogens is 1. The van der Waals surface area contributed by atoms with Crippen molar-refractivity contribution in [3.05, 3.63) is 22.4 Å². The van der Waals surface area contributed by atoms with Crippen LogP contribution >= 0.6 is 0 Å². The number of unbranched alkanes of at least 4 members (excludes halogenated alkanes) is 1. The van der Waals surface area contributed by atoms with Crippen molar-refractivity contribution >= 4 is 11.5 Å². The lowest BCUT2D eigenvalue weighted by Gasteiger charge is -2.05. The van der Waals surface area contributed by atoms with E-state index in [0.717, 1.165) is 25.2 Å². The lowest BCUT2D eigenvalue weighted by Crippen LogP contribution is -2.14. The number of hydrogen-bond acceptors (Lipinski definition) is 4. The maximum atomic E-state index is 11.4. The molecule has 0 amide bonds. The number of anilines is 1. The van der Waals surface area contributed by atoms with E-state index >= 15 is 0 Å². The lowest BCUT2D eigenvalue weighted by atomic mass is 10.3. The molecule has 2 rings (SSSR count). The fraction of sp³-hybridized carbons (Fsp3) is 0.500. The van der Waals surface area contributed by atoms with Crippen molar-refractivity contribution in [2.24, 2.45) is 0 Å². The molecule has 2 N–H and O–H groups in total. The van der Waals surface area contributed by atoms with Gasteiger partial charge in [0.2, 0.25) is 0 Å². The van der Waals surface area contributed by atoms with Gasteiger partial charge in [0.15, 0.2) is 5.65 Å². The van der Waals surface area contributed by atoms with Crippen LogP contribution in [0.25, 0.3) is 5.65 Å². The molecule has 0 saturated carbocycles. The van der Waals surface area contributed by atoms with Crippen molar-refractivity contribution < 1.29 is 0 Å². The number of aromatic nitrogens is 4. The van der Waals surface area contributed by atoms with Gasteiger partial charge in [-0.15, -0.1) is 0 Å². The number of aryl methyl sites for hydroxylation is 1. The highest BCUT2D eigenvalue weighted by Crippen LogP contribution is 2.07. The summed E-state index contributed by atoms with van der Waals surface area (Å²) >= 11 is 0. The summed E-state index contributed by atoms with van der Waals surface area (Å²) in [4.78, 5) is 15.7. The monoisotopic (exact) mass is 221 g/mol. The van der Waals surface area contributed by atoms with Gasteiger partial charge in [-0.3, -0.25) is 0 Å². The molecule has 2 aromatic heterocycles. The van der Waals surface area contributed by atoms with Crippen LogP contribution in [-0.2, 0) is 0 Å². The summed E-state index contributed by atoms with van der Waals surface area (Å²) in [5, 5.41) is 9.52. The molecule has 0 aromatic carbocycles. The van der Waals surface area contributed by atoms with E-state index in [1.807, 2.05) is 0 Å². The second kappa shape index (κ2) is 4.34. The first-order chi connectivity index (χ1) is 7.72. The quantitative estimate of drug-likeness (QED) is 0.753. The highest BCUT2D eigenvalue weighted by Gasteiger charge is 2.05. The fourth-order valence-electron chi connectivity index (χ4n) is 1.58. The van der Waals surface area contributed by atoms with Crippen molar-refractivity contribution in [2.45, 2.75) is 26.7 Å². The van der Waals surface area contributed by atoms with E-state index in [1.165, 1.54) is 4.40 Å². The summed E-state index contributed by atoms with van der Waals surface area (Å²) in [7, 11) is 0. The summed E-state index contributed by atoms with van der Waals surface area (Å²) in [5.74, 6) is 1.40. The van der Waals surface area contributed by atoms with E-state index in [-0.39, 0.29) is 5.69 Å². The second-order valence-corrected chi connectivity index (χ2v) is 3.69. The largest absolute Gasteiger partial charge is 0.370 e. The van der Waals surface area contributed by atoms with Gasteiger partial charge in [-0.2, -0.15) is 5.10 Å². The van der Waals surface area contributed by atoms with E-state index in [2.05, 4.69) is 27.4 Å². The number of aromatic amines is 1. The van der Waals surface area contributed by atoms with Gasteiger partial charge in [0.1, 0.15) is 11.6 Å². The Hall–Kier alpha value is -1.85. The van der Waals surface area contributed by atoms with Gasteiger partial charge in [0.05, 0.1) is 0 Å². The van der Waals surface area contributed by atoms with Crippen molar-refractivity contribution in [2.75, 3.05) is 11.9 Å². The molecule has 0 radical (unpaired) electrons. The van der Waals surface area contributed by atoms with Gasteiger partial charge in [-0.05, 0) is 13.3 Å². The maximum Gasteiger partial charge on any atom is 0.349 e. The van der Waals surface area contributed by atoms with Crippen molar-refractivity contribution in [1.82, 2.24) is 19.6 Å². The second-order valence-electron chi connectivity index (χ2n) is 3.69. The Bertz CT molecular complexity index is 542. The van der Waals surface area contributed by atoms with Crippen LogP contribution in [0.2, 0.25) is 0 Å². The molecule has 0 spiro atoms. The van der Waals surface area contributed by atoms with Crippen LogP contribution in [0.4, 0.5) is 5.82 Å². The zero-order chi connectivity index (χ0) is 11.5. The van der Waals surface area contributed by atoms with Gasteiger partial charge in [-0.1, -0.05) is 13.3 Å². The molecule has 2 heterocycles. The molecule has 86 valence electrons. The predicted octanol–water partition coefficient (Wildman–Crippen LogP) is 0.938. The third-order valence-corrected chi connectivity index (χ3v) is 2.41. The Morgan fingerprint density at radius 2 is 2.38 bits per heavy atom. The molecule has 0 unspecified atom stereocenters. The number of rotatable bonds is 4. The van der Waals surface area contributed by atoms with Crippen LogP contribution < -0.4 is 11.0 Å². The third kappa shape index (κ3) is 1.91. The molecule has 16 heavy (non-hydrogen) atoms. The highest BCUT2D eigenvalue weighted by atomic mass is 16.1. The van der Waals surface area contributed by atoms with Gasteiger partial charge in [-0.25, -0.2) is 19.3 Å². The zero-order valence-corrected chi connectivity index (χ0v) is 9.45. The molecule has 0 fully saturated rings. The summed E-state index contributed by atoms with van der Waals surface area (Å²) in [6.07, 6.45) is 2.23. The third-order valence-electron chi connectivity index (χ3n) is 2.41. The van der Waals surface area contributed by atoms with E-state index in [0.29, 0.717) is 11.5 Å². The minimum atomic E-state index is -0.250.